The summed E-state index contributed by atoms with van der Waals surface area (Å²) >= 11 is 3.17. The van der Waals surface area contributed by atoms with Crippen LogP contribution in [0.4, 0.5) is 11.4 Å². The van der Waals surface area contributed by atoms with Gasteiger partial charge >= 0.3 is 0 Å². The molecule has 2 heterocycles. The zero-order valence-electron chi connectivity index (χ0n) is 14.6. The molecule has 1 aromatic heterocycles. The number of phenolic OH excluding ortho intramolecular Hbond substituents is 2. The van der Waals surface area contributed by atoms with Crippen LogP contribution in [0.2, 0.25) is 0 Å². The van der Waals surface area contributed by atoms with Crippen molar-refractivity contribution in [1.82, 2.24) is 4.57 Å². The van der Waals surface area contributed by atoms with Crippen molar-refractivity contribution in [3.8, 4) is 11.5 Å². The first-order valence-corrected chi connectivity index (χ1v) is 9.93. The number of aromatic hydroxyl groups is 2. The number of benzene rings is 2. The van der Waals surface area contributed by atoms with E-state index in [-0.39, 0.29) is 11.5 Å². The number of aromatic nitrogens is 1. The summed E-state index contributed by atoms with van der Waals surface area (Å²) in [6, 6.07) is 13.7. The number of aryl methyl sites for hydroxylation is 1. The number of thiazole rings is 1. The Morgan fingerprint density at radius 3 is 2.44 bits per heavy atom. The zero-order chi connectivity index (χ0) is 19.1. The smallest absolute Gasteiger partial charge is 0.189 e. The first-order valence-electron chi connectivity index (χ1n) is 8.07. The van der Waals surface area contributed by atoms with Crippen LogP contribution in [0, 0.1) is 0 Å². The molecule has 1 aliphatic rings. The Balaban J connectivity index is 0.000000156. The molecular formula is C19H18N4O2S2. The van der Waals surface area contributed by atoms with E-state index in [1.54, 1.807) is 65.6 Å². The molecule has 0 saturated heterocycles. The number of nitrogens with zero attached hydrogens (tertiary/aromatic N) is 4. The van der Waals surface area contributed by atoms with Crippen LogP contribution in [-0.4, -0.2) is 31.9 Å². The van der Waals surface area contributed by atoms with Crippen molar-refractivity contribution in [1.29, 1.82) is 0 Å². The third-order valence-electron chi connectivity index (χ3n) is 3.38. The van der Waals surface area contributed by atoms with Gasteiger partial charge in [-0.25, -0.2) is 15.0 Å². The minimum absolute atomic E-state index is 0.230. The van der Waals surface area contributed by atoms with Crippen LogP contribution in [0.15, 0.2) is 75.1 Å². The molecule has 0 spiro atoms. The van der Waals surface area contributed by atoms with Crippen molar-refractivity contribution in [3.63, 3.8) is 0 Å². The molecule has 8 heteroatoms. The summed E-state index contributed by atoms with van der Waals surface area (Å²) < 4.78 is 1.96. The van der Waals surface area contributed by atoms with Gasteiger partial charge in [-0.2, -0.15) is 0 Å². The van der Waals surface area contributed by atoms with Gasteiger partial charge in [-0.15, -0.1) is 11.3 Å². The SMILES string of the molecule is Cn1ccsc1=Nc1ccc(O)cc1.Oc1cccc(N=C2N=CCS2)c1. The third kappa shape index (κ3) is 5.83. The minimum atomic E-state index is 0.230. The Hall–Kier alpha value is -2.84. The molecule has 0 unspecified atom stereocenters. The van der Waals surface area contributed by atoms with Crippen molar-refractivity contribution < 1.29 is 10.2 Å². The van der Waals surface area contributed by atoms with Gasteiger partial charge in [0.2, 0.25) is 0 Å². The summed E-state index contributed by atoms with van der Waals surface area (Å²) in [6.07, 6.45) is 3.79. The van der Waals surface area contributed by atoms with Gasteiger partial charge in [-0.3, -0.25) is 0 Å². The molecule has 1 aliphatic heterocycles. The van der Waals surface area contributed by atoms with E-state index in [1.807, 2.05) is 35.5 Å². The van der Waals surface area contributed by atoms with E-state index in [0.717, 1.165) is 27.1 Å². The highest BCUT2D eigenvalue weighted by Gasteiger charge is 2.03. The van der Waals surface area contributed by atoms with Crippen molar-refractivity contribution in [3.05, 3.63) is 64.9 Å². The fraction of sp³-hybridized carbons (Fsp3) is 0.105. The van der Waals surface area contributed by atoms with Crippen molar-refractivity contribution in [2.45, 2.75) is 0 Å². The van der Waals surface area contributed by atoms with Crippen LogP contribution in [0.5, 0.6) is 11.5 Å². The summed E-state index contributed by atoms with van der Waals surface area (Å²) in [5.74, 6) is 1.38. The first kappa shape index (κ1) is 18.9. The fourth-order valence-corrected chi connectivity index (χ4v) is 3.44. The van der Waals surface area contributed by atoms with Crippen LogP contribution in [-0.2, 0) is 7.05 Å². The van der Waals surface area contributed by atoms with Gasteiger partial charge in [-0.05, 0) is 36.4 Å². The summed E-state index contributed by atoms with van der Waals surface area (Å²) in [6.45, 7) is 0. The molecule has 0 saturated carbocycles. The number of amidine groups is 1. The van der Waals surface area contributed by atoms with Gasteiger partial charge in [-0.1, -0.05) is 17.8 Å². The average Bonchev–Trinajstić information content (AvgIpc) is 3.30. The predicted molar refractivity (Wildman–Crippen MR) is 113 cm³/mol. The molecule has 4 rings (SSSR count). The van der Waals surface area contributed by atoms with Crippen molar-refractivity contribution in [2.75, 3.05) is 5.75 Å². The second-order valence-corrected chi connectivity index (χ2v) is 7.32. The lowest BCUT2D eigenvalue weighted by molar-refractivity contribution is 0.475. The number of hydrogen-bond acceptors (Lipinski definition) is 6. The molecule has 138 valence electrons. The maximum absolute atomic E-state index is 9.17. The van der Waals surface area contributed by atoms with E-state index in [0.29, 0.717) is 0 Å². The molecule has 3 aromatic rings. The number of phenols is 2. The summed E-state index contributed by atoms with van der Waals surface area (Å²) in [5.41, 5.74) is 1.59. The first-order chi connectivity index (χ1) is 13.1. The second kappa shape index (κ2) is 9.20. The van der Waals surface area contributed by atoms with Crippen molar-refractivity contribution in [2.24, 2.45) is 22.0 Å². The highest BCUT2D eigenvalue weighted by atomic mass is 32.2. The predicted octanol–water partition coefficient (Wildman–Crippen LogP) is 4.22. The zero-order valence-corrected chi connectivity index (χ0v) is 16.2. The maximum atomic E-state index is 9.17. The Kier molecular flexibility index (Phi) is 6.45. The molecule has 27 heavy (non-hydrogen) atoms. The average molecular weight is 399 g/mol. The van der Waals surface area contributed by atoms with E-state index in [1.165, 1.54) is 0 Å². The highest BCUT2D eigenvalue weighted by molar-refractivity contribution is 8.14. The molecule has 0 fully saturated rings. The number of aliphatic imine (C=N–C) groups is 2. The molecule has 0 aliphatic carbocycles. The lowest BCUT2D eigenvalue weighted by atomic mass is 10.3. The van der Waals surface area contributed by atoms with E-state index in [9.17, 15) is 5.11 Å². The monoisotopic (exact) mass is 398 g/mol. The number of thioether (sulfide) groups is 1. The normalized spacial score (nSPS) is 15.0. The lowest BCUT2D eigenvalue weighted by Crippen LogP contribution is -2.07. The quantitative estimate of drug-likeness (QED) is 0.678. The van der Waals surface area contributed by atoms with Crippen LogP contribution in [0.1, 0.15) is 0 Å². The van der Waals surface area contributed by atoms with Crippen LogP contribution in [0.25, 0.3) is 0 Å². The van der Waals surface area contributed by atoms with Gasteiger partial charge in [0.05, 0.1) is 11.4 Å². The molecule has 2 N–H and O–H groups in total. The standard InChI is InChI=1S/C10H10N2OS.C9H8N2OS/c1-12-6-7-14-10(12)11-8-2-4-9(13)5-3-8;12-8-3-1-2-7(6-8)11-9-10-4-5-13-9/h2-7,13H,1H3;1-4,6,12H,5H2. The lowest BCUT2D eigenvalue weighted by Gasteiger charge is -1.95. The summed E-state index contributed by atoms with van der Waals surface area (Å²) in [4.78, 5) is 13.7. The molecule has 6 nitrogen and oxygen atoms in total. The second-order valence-electron chi connectivity index (χ2n) is 5.46. The molecule has 2 aromatic carbocycles. The number of rotatable bonds is 2. The van der Waals surface area contributed by atoms with Gasteiger partial charge in [0, 0.05) is 36.7 Å². The largest absolute Gasteiger partial charge is 0.508 e. The van der Waals surface area contributed by atoms with E-state index < -0.39 is 0 Å². The Morgan fingerprint density at radius 1 is 1.00 bits per heavy atom. The topological polar surface area (TPSA) is 82.5 Å². The van der Waals surface area contributed by atoms with E-state index in [4.69, 9.17) is 5.11 Å². The van der Waals surface area contributed by atoms with E-state index >= 15 is 0 Å². The Bertz CT molecular complexity index is 1020. The fourth-order valence-electron chi connectivity index (χ4n) is 2.07. The van der Waals surface area contributed by atoms with Gasteiger partial charge in [0.15, 0.2) is 9.97 Å². The van der Waals surface area contributed by atoms with Crippen molar-refractivity contribution >= 4 is 45.9 Å². The maximum Gasteiger partial charge on any atom is 0.189 e. The number of hydrogen-bond donors (Lipinski definition) is 2. The summed E-state index contributed by atoms with van der Waals surface area (Å²) in [7, 11) is 1.95. The van der Waals surface area contributed by atoms with Gasteiger partial charge < -0.3 is 14.8 Å². The van der Waals surface area contributed by atoms with E-state index in [2.05, 4.69) is 15.0 Å². The van der Waals surface area contributed by atoms with Crippen LogP contribution in [0.3, 0.4) is 0 Å². The summed E-state index contributed by atoms with van der Waals surface area (Å²) in [5, 5.41) is 21.0. The highest BCUT2D eigenvalue weighted by Crippen LogP contribution is 2.22. The third-order valence-corrected chi connectivity index (χ3v) is 5.00. The molecule has 0 bridgehead atoms. The molecule has 0 radical (unpaired) electrons. The molecular weight excluding hydrogens is 380 g/mol. The van der Waals surface area contributed by atoms with Gasteiger partial charge in [0.25, 0.3) is 0 Å². The molecule has 0 amide bonds. The molecule has 0 atom stereocenters. The van der Waals surface area contributed by atoms with Gasteiger partial charge in [0.1, 0.15) is 11.5 Å². The Labute approximate surface area is 164 Å². The Morgan fingerprint density at radius 2 is 1.81 bits per heavy atom. The van der Waals surface area contributed by atoms with Crippen LogP contribution < -0.4 is 4.80 Å². The van der Waals surface area contributed by atoms with Crippen LogP contribution >= 0.6 is 23.1 Å². The minimum Gasteiger partial charge on any atom is -0.508 e.